The molecule has 0 bridgehead atoms. The smallest absolute Gasteiger partial charge is 0.423 e. The Morgan fingerprint density at radius 2 is 2.15 bits per heavy atom. The van der Waals surface area contributed by atoms with Gasteiger partial charge in [0.25, 0.3) is 0 Å². The van der Waals surface area contributed by atoms with Crippen LogP contribution in [-0.2, 0) is 11.3 Å². The standard InChI is InChI=1S/C8H12BNO3/c1-13-5-6-2-3-7(9(11)12)4-8(6)10/h2-4,11-12H,5,10H2,1H3. The van der Waals surface area contributed by atoms with Crippen LogP contribution in [0.1, 0.15) is 5.56 Å². The molecule has 0 aliphatic heterocycles. The monoisotopic (exact) mass is 181 g/mol. The van der Waals surface area contributed by atoms with Gasteiger partial charge in [0.15, 0.2) is 0 Å². The molecule has 0 saturated heterocycles. The molecule has 0 fully saturated rings. The second-order valence-electron chi connectivity index (χ2n) is 2.76. The van der Waals surface area contributed by atoms with E-state index in [2.05, 4.69) is 0 Å². The minimum absolute atomic E-state index is 0.386. The molecule has 13 heavy (non-hydrogen) atoms. The zero-order valence-corrected chi connectivity index (χ0v) is 7.40. The normalized spacial score (nSPS) is 10.1. The van der Waals surface area contributed by atoms with Crippen molar-refractivity contribution in [1.82, 2.24) is 0 Å². The highest BCUT2D eigenvalue weighted by molar-refractivity contribution is 6.58. The van der Waals surface area contributed by atoms with E-state index in [-0.39, 0.29) is 0 Å². The van der Waals surface area contributed by atoms with Crippen molar-refractivity contribution in [3.8, 4) is 0 Å². The summed E-state index contributed by atoms with van der Waals surface area (Å²) in [5.74, 6) is 0. The number of nitrogen functional groups attached to an aromatic ring is 1. The molecule has 0 spiro atoms. The van der Waals surface area contributed by atoms with Gasteiger partial charge in [-0.25, -0.2) is 0 Å². The highest BCUT2D eigenvalue weighted by Gasteiger charge is 2.11. The van der Waals surface area contributed by atoms with Crippen molar-refractivity contribution >= 4 is 18.3 Å². The first-order valence-corrected chi connectivity index (χ1v) is 3.88. The van der Waals surface area contributed by atoms with Crippen molar-refractivity contribution in [2.75, 3.05) is 12.8 Å². The highest BCUT2D eigenvalue weighted by atomic mass is 16.5. The fourth-order valence-electron chi connectivity index (χ4n) is 1.06. The average Bonchev–Trinajstić information content (AvgIpc) is 2.08. The highest BCUT2D eigenvalue weighted by Crippen LogP contribution is 2.09. The van der Waals surface area contributed by atoms with E-state index in [9.17, 15) is 0 Å². The SMILES string of the molecule is COCc1ccc(B(O)O)cc1N. The van der Waals surface area contributed by atoms with Crippen LogP contribution in [0.3, 0.4) is 0 Å². The molecule has 0 heterocycles. The number of benzene rings is 1. The third-order valence-corrected chi connectivity index (χ3v) is 1.77. The zero-order chi connectivity index (χ0) is 9.84. The van der Waals surface area contributed by atoms with Crippen LogP contribution in [0, 0.1) is 0 Å². The number of ether oxygens (including phenoxy) is 1. The molecular formula is C8H12BNO3. The molecule has 0 aliphatic rings. The Hall–Kier alpha value is -1.04. The maximum atomic E-state index is 8.84. The summed E-state index contributed by atoms with van der Waals surface area (Å²) in [6.45, 7) is 0.424. The average molecular weight is 181 g/mol. The van der Waals surface area contributed by atoms with Crippen LogP contribution in [0.5, 0.6) is 0 Å². The first-order chi connectivity index (χ1) is 6.15. The van der Waals surface area contributed by atoms with Gasteiger partial charge in [0, 0.05) is 18.4 Å². The van der Waals surface area contributed by atoms with Gasteiger partial charge in [-0.2, -0.15) is 0 Å². The molecule has 0 aliphatic carbocycles. The predicted octanol–water partition coefficient (Wildman–Crippen LogP) is -0.905. The summed E-state index contributed by atoms with van der Waals surface area (Å²) in [5, 5.41) is 17.7. The third kappa shape index (κ3) is 2.45. The van der Waals surface area contributed by atoms with Crippen LogP contribution in [0.15, 0.2) is 18.2 Å². The molecule has 0 saturated carbocycles. The topological polar surface area (TPSA) is 75.7 Å². The van der Waals surface area contributed by atoms with E-state index in [1.54, 1.807) is 19.2 Å². The molecule has 1 aromatic carbocycles. The van der Waals surface area contributed by atoms with Crippen molar-refractivity contribution in [2.45, 2.75) is 6.61 Å². The second kappa shape index (κ2) is 4.27. The van der Waals surface area contributed by atoms with Gasteiger partial charge in [-0.05, 0) is 11.5 Å². The molecule has 4 nitrogen and oxygen atoms in total. The minimum atomic E-state index is -1.47. The summed E-state index contributed by atoms with van der Waals surface area (Å²) in [4.78, 5) is 0. The lowest BCUT2D eigenvalue weighted by Crippen LogP contribution is -2.30. The molecular weight excluding hydrogens is 169 g/mol. The summed E-state index contributed by atoms with van der Waals surface area (Å²) in [6.07, 6.45) is 0. The van der Waals surface area contributed by atoms with E-state index in [1.807, 2.05) is 0 Å². The molecule has 1 aromatic rings. The maximum Gasteiger partial charge on any atom is 0.488 e. The van der Waals surface area contributed by atoms with Gasteiger partial charge in [-0.3, -0.25) is 0 Å². The number of hydrogen-bond acceptors (Lipinski definition) is 4. The van der Waals surface area contributed by atoms with Crippen molar-refractivity contribution < 1.29 is 14.8 Å². The fraction of sp³-hybridized carbons (Fsp3) is 0.250. The summed E-state index contributed by atoms with van der Waals surface area (Å²) in [5.41, 5.74) is 7.38. The van der Waals surface area contributed by atoms with Gasteiger partial charge >= 0.3 is 7.12 Å². The Balaban J connectivity index is 2.92. The van der Waals surface area contributed by atoms with Gasteiger partial charge in [-0.15, -0.1) is 0 Å². The molecule has 1 rings (SSSR count). The Bertz CT molecular complexity index is 291. The molecule has 4 N–H and O–H groups in total. The van der Waals surface area contributed by atoms with Gasteiger partial charge in [-0.1, -0.05) is 12.1 Å². The molecule has 70 valence electrons. The van der Waals surface area contributed by atoms with E-state index in [0.717, 1.165) is 5.56 Å². The maximum absolute atomic E-state index is 8.84. The van der Waals surface area contributed by atoms with Crippen molar-refractivity contribution in [2.24, 2.45) is 0 Å². The quantitative estimate of drug-likeness (QED) is 0.417. The van der Waals surface area contributed by atoms with Crippen molar-refractivity contribution in [3.63, 3.8) is 0 Å². The predicted molar refractivity (Wildman–Crippen MR) is 51.4 cm³/mol. The molecule has 0 atom stereocenters. The van der Waals surface area contributed by atoms with Crippen molar-refractivity contribution in [1.29, 1.82) is 0 Å². The third-order valence-electron chi connectivity index (χ3n) is 1.77. The summed E-state index contributed by atoms with van der Waals surface area (Å²) in [6, 6.07) is 4.85. The lowest BCUT2D eigenvalue weighted by Gasteiger charge is -2.06. The van der Waals surface area contributed by atoms with E-state index < -0.39 is 7.12 Å². The minimum Gasteiger partial charge on any atom is -0.423 e. The molecule has 0 radical (unpaired) electrons. The zero-order valence-electron chi connectivity index (χ0n) is 7.40. The number of anilines is 1. The van der Waals surface area contributed by atoms with Crippen LogP contribution in [-0.4, -0.2) is 24.3 Å². The Labute approximate surface area is 77.1 Å². The first-order valence-electron chi connectivity index (χ1n) is 3.88. The summed E-state index contributed by atoms with van der Waals surface area (Å²) < 4.78 is 4.90. The van der Waals surface area contributed by atoms with Gasteiger partial charge < -0.3 is 20.5 Å². The van der Waals surface area contributed by atoms with E-state index in [0.29, 0.717) is 17.8 Å². The van der Waals surface area contributed by atoms with Crippen LogP contribution in [0.4, 0.5) is 5.69 Å². The summed E-state index contributed by atoms with van der Waals surface area (Å²) >= 11 is 0. The first kappa shape index (κ1) is 10.0. The van der Waals surface area contributed by atoms with Crippen LogP contribution in [0.2, 0.25) is 0 Å². The molecule has 0 unspecified atom stereocenters. The molecule has 5 heteroatoms. The molecule has 0 aromatic heterocycles. The summed E-state index contributed by atoms with van der Waals surface area (Å²) in [7, 11) is 0.104. The van der Waals surface area contributed by atoms with E-state index in [4.69, 9.17) is 20.5 Å². The lowest BCUT2D eigenvalue weighted by molar-refractivity contribution is 0.185. The fourth-order valence-corrected chi connectivity index (χ4v) is 1.06. The largest absolute Gasteiger partial charge is 0.488 e. The lowest BCUT2D eigenvalue weighted by atomic mass is 9.80. The van der Waals surface area contributed by atoms with E-state index in [1.165, 1.54) is 6.07 Å². The Morgan fingerprint density at radius 3 is 2.62 bits per heavy atom. The van der Waals surface area contributed by atoms with Crippen LogP contribution >= 0.6 is 0 Å². The number of rotatable bonds is 3. The van der Waals surface area contributed by atoms with Crippen molar-refractivity contribution in [3.05, 3.63) is 23.8 Å². The van der Waals surface area contributed by atoms with Crippen LogP contribution < -0.4 is 11.2 Å². The second-order valence-corrected chi connectivity index (χ2v) is 2.76. The number of hydrogen-bond donors (Lipinski definition) is 3. The molecule has 0 amide bonds. The number of nitrogens with two attached hydrogens (primary N) is 1. The Kier molecular flexibility index (Phi) is 3.30. The number of methoxy groups -OCH3 is 1. The van der Waals surface area contributed by atoms with Crippen LogP contribution in [0.25, 0.3) is 0 Å². The van der Waals surface area contributed by atoms with Gasteiger partial charge in [0.05, 0.1) is 6.61 Å². The van der Waals surface area contributed by atoms with Gasteiger partial charge in [0.1, 0.15) is 0 Å². The van der Waals surface area contributed by atoms with E-state index >= 15 is 0 Å². The van der Waals surface area contributed by atoms with Gasteiger partial charge in [0.2, 0.25) is 0 Å². The Morgan fingerprint density at radius 1 is 1.46 bits per heavy atom.